The van der Waals surface area contributed by atoms with Crippen molar-refractivity contribution in [2.24, 2.45) is 5.92 Å². The molecule has 1 atom stereocenters. The molecule has 1 heterocycles. The van der Waals surface area contributed by atoms with Crippen LogP contribution in [0.5, 0.6) is 0 Å². The van der Waals surface area contributed by atoms with Gasteiger partial charge in [0.15, 0.2) is 0 Å². The molecular weight excluding hydrogens is 347 g/mol. The van der Waals surface area contributed by atoms with Crippen molar-refractivity contribution >= 4 is 24.8 Å². The third-order valence-electron chi connectivity index (χ3n) is 4.77. The lowest BCUT2D eigenvalue weighted by Gasteiger charge is -2.35. The molecule has 2 aromatic carbocycles. The Morgan fingerprint density at radius 1 is 1.04 bits per heavy atom. The number of nitrogens with zero attached hydrogens (tertiary/aromatic N) is 2. The van der Waals surface area contributed by atoms with E-state index in [0.29, 0.717) is 19.5 Å². The highest BCUT2D eigenvalue weighted by molar-refractivity contribution is 7.71. The van der Waals surface area contributed by atoms with Gasteiger partial charge in [-0.2, -0.15) is 0 Å². The van der Waals surface area contributed by atoms with E-state index in [-0.39, 0.29) is 5.31 Å². The number of anilines is 2. The number of hydrogen-bond donors (Lipinski definition) is 1. The van der Waals surface area contributed by atoms with Crippen molar-refractivity contribution in [3.63, 3.8) is 0 Å². The predicted molar refractivity (Wildman–Crippen MR) is 106 cm³/mol. The first-order valence-electron chi connectivity index (χ1n) is 8.68. The summed E-state index contributed by atoms with van der Waals surface area (Å²) in [5.74, 6) is -1.84. The van der Waals surface area contributed by atoms with Crippen LogP contribution >= 0.6 is 7.44 Å². The fourth-order valence-electron chi connectivity index (χ4n) is 3.43. The largest absolute Gasteiger partial charge is 0.481 e. The van der Waals surface area contributed by atoms with E-state index in [4.69, 9.17) is 0 Å². The second kappa shape index (κ2) is 7.38. The van der Waals surface area contributed by atoms with Crippen LogP contribution in [0.3, 0.4) is 0 Å². The van der Waals surface area contributed by atoms with E-state index in [2.05, 4.69) is 6.58 Å². The van der Waals surface area contributed by atoms with E-state index in [9.17, 15) is 14.5 Å². The number of hydrogen-bond acceptors (Lipinski definition) is 2. The zero-order valence-corrected chi connectivity index (χ0v) is 15.7. The molecule has 0 spiro atoms. The summed E-state index contributed by atoms with van der Waals surface area (Å²) in [6.07, 6.45) is 0.351. The van der Waals surface area contributed by atoms with Crippen molar-refractivity contribution in [2.45, 2.75) is 13.3 Å². The summed E-state index contributed by atoms with van der Waals surface area (Å²) in [6.45, 7) is 6.90. The zero-order chi connectivity index (χ0) is 18.7. The molecule has 1 aliphatic heterocycles. The van der Waals surface area contributed by atoms with Crippen molar-refractivity contribution in [3.8, 4) is 0 Å². The number of aliphatic carboxylic acids is 1. The summed E-state index contributed by atoms with van der Waals surface area (Å²) in [4.78, 5) is 11.7. The minimum Gasteiger partial charge on any atom is -0.481 e. The molecule has 0 aliphatic carbocycles. The maximum Gasteiger partial charge on any atom is 0.311 e. The van der Waals surface area contributed by atoms with E-state index in [1.165, 1.54) is 0 Å². The second-order valence-corrected chi connectivity index (χ2v) is 8.88. The molecule has 1 N–H and O–H groups in total. The average Bonchev–Trinajstić information content (AvgIpc) is 3.02. The van der Waals surface area contributed by atoms with E-state index in [1.54, 1.807) is 6.92 Å². The third-order valence-corrected chi connectivity index (χ3v) is 8.00. The summed E-state index contributed by atoms with van der Waals surface area (Å²) in [7, 11) is -3.36. The molecule has 0 saturated carbocycles. The smallest absolute Gasteiger partial charge is 0.311 e. The first-order chi connectivity index (χ1) is 12.5. The van der Waals surface area contributed by atoms with Crippen LogP contribution < -0.4 is 9.34 Å². The van der Waals surface area contributed by atoms with Crippen LogP contribution in [0.4, 0.5) is 11.4 Å². The lowest BCUT2D eigenvalue weighted by molar-refractivity contribution is -0.140. The molecule has 1 fully saturated rings. The van der Waals surface area contributed by atoms with Gasteiger partial charge in [-0.3, -0.25) is 9.36 Å². The standard InChI is InChI=1S/C20H23N2O3P/c1-3-19(20(23)24)16(2)26(25)21(17-10-6-4-7-11-17)14-15-22(26)18-12-8-5-9-13-18/h4-13,19H,2-3,14-15H2,1H3,(H,23,24). The molecule has 6 heteroatoms. The number of benzene rings is 2. The normalized spacial score (nSPS) is 17.1. The SMILES string of the molecule is C=C(C(CC)C(=O)O)P1(=O)N(c2ccccc2)CCN1c1ccccc1. The molecule has 1 saturated heterocycles. The molecule has 5 nitrogen and oxygen atoms in total. The highest BCUT2D eigenvalue weighted by Gasteiger charge is 2.48. The Morgan fingerprint density at radius 2 is 1.46 bits per heavy atom. The van der Waals surface area contributed by atoms with Crippen LogP contribution in [0, 0.1) is 5.92 Å². The lowest BCUT2D eigenvalue weighted by Crippen LogP contribution is -2.25. The van der Waals surface area contributed by atoms with Crippen LogP contribution in [-0.4, -0.2) is 24.2 Å². The fourth-order valence-corrected chi connectivity index (χ4v) is 6.62. The second-order valence-electron chi connectivity index (χ2n) is 6.25. The van der Waals surface area contributed by atoms with Crippen molar-refractivity contribution in [1.82, 2.24) is 0 Å². The van der Waals surface area contributed by atoms with E-state index >= 15 is 0 Å². The summed E-state index contributed by atoms with van der Waals surface area (Å²) in [6, 6.07) is 19.0. The number of carbonyl (C=O) groups is 1. The monoisotopic (exact) mass is 370 g/mol. The molecule has 0 bridgehead atoms. The van der Waals surface area contributed by atoms with Gasteiger partial charge in [0.2, 0.25) is 0 Å². The van der Waals surface area contributed by atoms with Crippen molar-refractivity contribution < 1.29 is 14.5 Å². The van der Waals surface area contributed by atoms with Gasteiger partial charge in [-0.25, -0.2) is 0 Å². The number of carboxylic acid groups (broad SMARTS) is 1. The minimum atomic E-state index is -3.36. The Bertz CT molecular complexity index is 787. The van der Waals surface area contributed by atoms with Crippen LogP contribution in [0.15, 0.2) is 72.6 Å². The van der Waals surface area contributed by atoms with Crippen molar-refractivity contribution in [2.75, 3.05) is 22.4 Å². The van der Waals surface area contributed by atoms with Gasteiger partial charge in [-0.05, 0) is 30.7 Å². The Kier molecular flexibility index (Phi) is 5.19. The van der Waals surface area contributed by atoms with Gasteiger partial charge in [0.1, 0.15) is 0 Å². The van der Waals surface area contributed by atoms with E-state index in [1.807, 2.05) is 70.0 Å². The van der Waals surface area contributed by atoms with Gasteiger partial charge in [-0.1, -0.05) is 49.9 Å². The van der Waals surface area contributed by atoms with Crippen molar-refractivity contribution in [1.29, 1.82) is 0 Å². The lowest BCUT2D eigenvalue weighted by atomic mass is 10.1. The van der Waals surface area contributed by atoms with Gasteiger partial charge in [-0.15, -0.1) is 0 Å². The van der Waals surface area contributed by atoms with Gasteiger partial charge >= 0.3 is 5.97 Å². The summed E-state index contributed by atoms with van der Waals surface area (Å²) < 4.78 is 18.0. The molecule has 0 radical (unpaired) electrons. The fraction of sp³-hybridized carbons (Fsp3) is 0.250. The maximum absolute atomic E-state index is 14.4. The Balaban J connectivity index is 2.12. The average molecular weight is 370 g/mol. The quantitative estimate of drug-likeness (QED) is 0.738. The van der Waals surface area contributed by atoms with Gasteiger partial charge in [0, 0.05) is 29.8 Å². The Morgan fingerprint density at radius 3 is 1.81 bits per heavy atom. The molecule has 0 amide bonds. The number of para-hydroxylation sites is 2. The van der Waals surface area contributed by atoms with Gasteiger partial charge < -0.3 is 14.4 Å². The molecule has 1 aliphatic rings. The van der Waals surface area contributed by atoms with Gasteiger partial charge in [0.25, 0.3) is 7.44 Å². The molecule has 3 rings (SSSR count). The highest BCUT2D eigenvalue weighted by Crippen LogP contribution is 2.66. The number of rotatable bonds is 6. The zero-order valence-electron chi connectivity index (χ0n) is 14.8. The summed E-state index contributed by atoms with van der Waals surface area (Å²) in [5.41, 5.74) is 1.63. The first-order valence-corrected chi connectivity index (χ1v) is 10.3. The van der Waals surface area contributed by atoms with Crippen LogP contribution in [0.25, 0.3) is 0 Å². The molecule has 1 unspecified atom stereocenters. The molecule has 2 aromatic rings. The minimum absolute atomic E-state index is 0.276. The topological polar surface area (TPSA) is 60.9 Å². The predicted octanol–water partition coefficient (Wildman–Crippen LogP) is 4.83. The van der Waals surface area contributed by atoms with E-state index < -0.39 is 19.3 Å². The third kappa shape index (κ3) is 3.04. The number of carboxylic acids is 1. The molecule has 136 valence electrons. The Hall–Kier alpha value is -2.52. The summed E-state index contributed by atoms with van der Waals surface area (Å²) in [5, 5.41) is 9.89. The van der Waals surface area contributed by atoms with Gasteiger partial charge in [0.05, 0.1) is 5.92 Å². The maximum atomic E-state index is 14.4. The van der Waals surface area contributed by atoms with E-state index in [0.717, 1.165) is 11.4 Å². The summed E-state index contributed by atoms with van der Waals surface area (Å²) >= 11 is 0. The molecule has 0 aromatic heterocycles. The van der Waals surface area contributed by atoms with Crippen LogP contribution in [0.2, 0.25) is 0 Å². The van der Waals surface area contributed by atoms with Crippen LogP contribution in [0.1, 0.15) is 13.3 Å². The molecular formula is C20H23N2O3P. The highest BCUT2D eigenvalue weighted by atomic mass is 31.2. The van der Waals surface area contributed by atoms with Crippen molar-refractivity contribution in [3.05, 3.63) is 72.6 Å². The first kappa shape index (κ1) is 18.3. The van der Waals surface area contributed by atoms with Crippen LogP contribution in [-0.2, 0) is 9.36 Å². The molecule has 26 heavy (non-hydrogen) atoms. The Labute approximate surface area is 154 Å².